The summed E-state index contributed by atoms with van der Waals surface area (Å²) < 4.78 is 22.9. The Hall–Kier alpha value is -2.39. The van der Waals surface area contributed by atoms with Crippen molar-refractivity contribution in [1.82, 2.24) is 10.2 Å². The Morgan fingerprint density at radius 2 is 1.71 bits per heavy atom. The zero-order valence-electron chi connectivity index (χ0n) is 19.7. The second-order valence-electron chi connectivity index (χ2n) is 8.08. The lowest BCUT2D eigenvalue weighted by atomic mass is 10.0. The minimum atomic E-state index is -0.0952. The lowest BCUT2D eigenvalue weighted by Crippen LogP contribution is -2.39. The topological polar surface area (TPSA) is 95.3 Å². The number of benzene rings is 2. The van der Waals surface area contributed by atoms with E-state index >= 15 is 0 Å². The molecule has 0 radical (unpaired) electrons. The molecule has 0 spiro atoms. The molecule has 0 saturated carbocycles. The summed E-state index contributed by atoms with van der Waals surface area (Å²) >= 11 is 0. The maximum atomic E-state index is 13.6. The van der Waals surface area contributed by atoms with Gasteiger partial charge in [0.2, 0.25) is 11.5 Å². The van der Waals surface area contributed by atoms with Gasteiger partial charge >= 0.3 is 0 Å². The maximum absolute atomic E-state index is 13.6. The van der Waals surface area contributed by atoms with Crippen molar-refractivity contribution >= 4 is 30.7 Å². The van der Waals surface area contributed by atoms with Gasteiger partial charge in [-0.05, 0) is 43.0 Å². The molecule has 0 aromatic heterocycles. The lowest BCUT2D eigenvalue weighted by molar-refractivity contribution is 0.0732. The number of rotatable bonds is 8. The highest BCUT2D eigenvalue weighted by molar-refractivity contribution is 5.99. The highest BCUT2D eigenvalue weighted by Gasteiger charge is 2.41. The largest absolute Gasteiger partial charge is 0.492 e. The molecule has 34 heavy (non-hydrogen) atoms. The summed E-state index contributed by atoms with van der Waals surface area (Å²) in [5.41, 5.74) is 7.16. The first kappa shape index (κ1) is 27.9. The van der Waals surface area contributed by atoms with Crippen molar-refractivity contribution in [3.05, 3.63) is 41.5 Å². The van der Waals surface area contributed by atoms with Gasteiger partial charge in [-0.25, -0.2) is 0 Å². The first-order valence-corrected chi connectivity index (χ1v) is 10.9. The Labute approximate surface area is 212 Å². The average Bonchev–Trinajstić information content (AvgIpc) is 3.43. The van der Waals surface area contributed by atoms with Crippen LogP contribution in [0.2, 0.25) is 0 Å². The number of carbonyl (C=O) groups is 1. The average molecular weight is 514 g/mol. The van der Waals surface area contributed by atoms with E-state index < -0.39 is 0 Å². The molecule has 1 amide bonds. The van der Waals surface area contributed by atoms with Crippen molar-refractivity contribution < 1.29 is 23.7 Å². The van der Waals surface area contributed by atoms with Crippen LogP contribution in [0, 0.1) is 5.92 Å². The molecule has 188 valence electrons. The molecule has 2 atom stereocenters. The summed E-state index contributed by atoms with van der Waals surface area (Å²) in [6, 6.07) is 9.57. The third-order valence-electron chi connectivity index (χ3n) is 6.29. The number of nitrogens with one attached hydrogen (secondary N) is 1. The third kappa shape index (κ3) is 5.30. The Balaban J connectivity index is 0.00000204. The number of halogens is 2. The van der Waals surface area contributed by atoms with Gasteiger partial charge in [0.1, 0.15) is 5.75 Å². The Bertz CT molecular complexity index is 974. The van der Waals surface area contributed by atoms with E-state index in [0.717, 1.165) is 38.0 Å². The smallest absolute Gasteiger partial charge is 0.258 e. The van der Waals surface area contributed by atoms with Crippen LogP contribution in [0.5, 0.6) is 28.7 Å². The number of hydrogen-bond donors (Lipinski definition) is 2. The fourth-order valence-electron chi connectivity index (χ4n) is 4.69. The summed E-state index contributed by atoms with van der Waals surface area (Å²) in [5, 5.41) is 3.39. The molecule has 4 rings (SSSR count). The van der Waals surface area contributed by atoms with Gasteiger partial charge in [0.15, 0.2) is 11.5 Å². The quantitative estimate of drug-likeness (QED) is 0.558. The molecule has 2 saturated heterocycles. The Morgan fingerprint density at radius 3 is 2.32 bits per heavy atom. The molecule has 0 bridgehead atoms. The van der Waals surface area contributed by atoms with Crippen LogP contribution < -0.4 is 30.0 Å². The number of likely N-dealkylation sites (tertiary alicyclic amines) is 1. The number of ether oxygens (including phenoxy) is 4. The van der Waals surface area contributed by atoms with E-state index in [1.807, 2.05) is 29.2 Å². The normalized spacial score (nSPS) is 18.4. The second-order valence-corrected chi connectivity index (χ2v) is 8.08. The van der Waals surface area contributed by atoms with Crippen LogP contribution >= 0.6 is 24.8 Å². The standard InChI is InChI=1S/C24H31N3O5.2ClH/c1-29-21-18(24(28)27-11-9-16-13-26-14-19(16)27)12-20(22(30-2)23(21)31-3)32-17-6-4-15(5-7-17)8-10-25;;/h4-7,12,16,19,26H,8-11,13-14,25H2,1-3H3;2*1H/t16-,19+;;/m0../s1. The van der Waals surface area contributed by atoms with Crippen LogP contribution in [0.3, 0.4) is 0 Å². The molecular formula is C24H33Cl2N3O5. The molecule has 2 aliphatic rings. The summed E-state index contributed by atoms with van der Waals surface area (Å²) in [4.78, 5) is 15.5. The summed E-state index contributed by atoms with van der Waals surface area (Å²) in [6.45, 7) is 3.08. The van der Waals surface area contributed by atoms with Gasteiger partial charge in [0.25, 0.3) is 5.91 Å². The van der Waals surface area contributed by atoms with Gasteiger partial charge < -0.3 is 34.9 Å². The zero-order valence-corrected chi connectivity index (χ0v) is 21.3. The molecule has 2 aromatic carbocycles. The van der Waals surface area contributed by atoms with Crippen LogP contribution in [-0.4, -0.2) is 64.4 Å². The molecule has 8 nitrogen and oxygen atoms in total. The highest BCUT2D eigenvalue weighted by atomic mass is 35.5. The molecule has 0 aliphatic carbocycles. The number of hydrogen-bond acceptors (Lipinski definition) is 7. The molecule has 2 heterocycles. The van der Waals surface area contributed by atoms with Crippen molar-refractivity contribution in [2.45, 2.75) is 18.9 Å². The fraction of sp³-hybridized carbons (Fsp3) is 0.458. The van der Waals surface area contributed by atoms with Gasteiger partial charge in [-0.3, -0.25) is 4.79 Å². The molecular weight excluding hydrogens is 481 g/mol. The van der Waals surface area contributed by atoms with Crippen molar-refractivity contribution in [3.8, 4) is 28.7 Å². The summed E-state index contributed by atoms with van der Waals surface area (Å²) in [7, 11) is 4.58. The van der Waals surface area contributed by atoms with E-state index in [4.69, 9.17) is 24.7 Å². The van der Waals surface area contributed by atoms with E-state index in [1.165, 1.54) is 21.3 Å². The molecule has 2 aromatic rings. The second kappa shape index (κ2) is 12.4. The predicted molar refractivity (Wildman–Crippen MR) is 136 cm³/mol. The van der Waals surface area contributed by atoms with Crippen LogP contribution in [0.15, 0.2) is 30.3 Å². The number of amides is 1. The SMILES string of the molecule is COc1c(Oc2ccc(CCN)cc2)cc(C(=O)N2CC[C@H]3CNC[C@H]32)c(OC)c1OC.Cl.Cl. The molecule has 3 N–H and O–H groups in total. The maximum Gasteiger partial charge on any atom is 0.258 e. The van der Waals surface area contributed by atoms with Gasteiger partial charge in [-0.2, -0.15) is 0 Å². The van der Waals surface area contributed by atoms with Crippen LogP contribution in [-0.2, 0) is 6.42 Å². The number of carbonyl (C=O) groups excluding carboxylic acids is 1. The third-order valence-corrected chi connectivity index (χ3v) is 6.29. The zero-order chi connectivity index (χ0) is 22.7. The number of fused-ring (bicyclic) bond motifs is 1. The van der Waals surface area contributed by atoms with Gasteiger partial charge in [-0.15, -0.1) is 24.8 Å². The van der Waals surface area contributed by atoms with Crippen molar-refractivity contribution in [3.63, 3.8) is 0 Å². The first-order chi connectivity index (χ1) is 15.6. The van der Waals surface area contributed by atoms with Crippen molar-refractivity contribution in [1.29, 1.82) is 0 Å². The highest BCUT2D eigenvalue weighted by Crippen LogP contribution is 2.48. The number of nitrogens with two attached hydrogens (primary N) is 1. The van der Waals surface area contributed by atoms with E-state index in [1.54, 1.807) is 6.07 Å². The molecule has 0 unspecified atom stereocenters. The van der Waals surface area contributed by atoms with Gasteiger partial charge in [0.05, 0.1) is 26.9 Å². The monoisotopic (exact) mass is 513 g/mol. The lowest BCUT2D eigenvalue weighted by Gasteiger charge is -2.26. The van der Waals surface area contributed by atoms with Crippen LogP contribution in [0.4, 0.5) is 0 Å². The molecule has 2 aliphatic heterocycles. The van der Waals surface area contributed by atoms with Crippen molar-refractivity contribution in [2.24, 2.45) is 11.7 Å². The molecule has 2 fully saturated rings. The van der Waals surface area contributed by atoms with E-state index in [0.29, 0.717) is 46.8 Å². The minimum absolute atomic E-state index is 0. The van der Waals surface area contributed by atoms with E-state index in [-0.39, 0.29) is 36.8 Å². The summed E-state index contributed by atoms with van der Waals surface area (Å²) in [5.74, 6) is 2.45. The van der Waals surface area contributed by atoms with E-state index in [2.05, 4.69) is 5.32 Å². The predicted octanol–water partition coefficient (Wildman–Crippen LogP) is 3.28. The van der Waals surface area contributed by atoms with Crippen molar-refractivity contribution in [2.75, 3.05) is 47.5 Å². The minimum Gasteiger partial charge on any atom is -0.492 e. The number of methoxy groups -OCH3 is 3. The first-order valence-electron chi connectivity index (χ1n) is 10.9. The van der Waals surface area contributed by atoms with E-state index in [9.17, 15) is 4.79 Å². The van der Waals surface area contributed by atoms with Crippen LogP contribution in [0.1, 0.15) is 22.3 Å². The Kier molecular flexibility index (Phi) is 10.1. The molecule has 10 heteroatoms. The fourth-order valence-corrected chi connectivity index (χ4v) is 4.69. The number of nitrogens with zero attached hydrogens (tertiary/aromatic N) is 1. The summed E-state index contributed by atoms with van der Waals surface area (Å²) in [6.07, 6.45) is 1.79. The van der Waals surface area contributed by atoms with Gasteiger partial charge in [0, 0.05) is 31.7 Å². The van der Waals surface area contributed by atoms with Gasteiger partial charge in [-0.1, -0.05) is 12.1 Å². The van der Waals surface area contributed by atoms with Crippen LogP contribution in [0.25, 0.3) is 0 Å². The Morgan fingerprint density at radius 1 is 1.03 bits per heavy atom.